The van der Waals surface area contributed by atoms with Gasteiger partial charge in [-0.3, -0.25) is 9.59 Å². The zero-order valence-corrected chi connectivity index (χ0v) is 20.3. The summed E-state index contributed by atoms with van der Waals surface area (Å²) < 4.78 is 29.9. The zero-order valence-electron chi connectivity index (χ0n) is 19.5. The number of hydrogen-bond acceptors (Lipinski definition) is 6. The van der Waals surface area contributed by atoms with Crippen LogP contribution in [0.4, 0.5) is 0 Å². The molecule has 180 valence electrons. The molecular weight excluding hydrogens is 454 g/mol. The molecule has 7 nitrogen and oxygen atoms in total. The molecule has 1 amide bonds. The van der Waals surface area contributed by atoms with Gasteiger partial charge in [0.2, 0.25) is 0 Å². The zero-order chi connectivity index (χ0) is 24.6. The van der Waals surface area contributed by atoms with Crippen LogP contribution < -0.4 is 4.74 Å². The Balaban J connectivity index is 1.86. The molecule has 4 rings (SSSR count). The number of aliphatic hydroxyl groups is 1. The van der Waals surface area contributed by atoms with E-state index in [0.717, 1.165) is 5.56 Å². The minimum Gasteiger partial charge on any atom is -0.507 e. The van der Waals surface area contributed by atoms with Gasteiger partial charge in [0.15, 0.2) is 9.84 Å². The molecule has 0 aromatic heterocycles. The Labute approximate surface area is 200 Å². The molecule has 0 aliphatic carbocycles. The number of nitrogens with zero attached hydrogens (tertiary/aromatic N) is 1. The van der Waals surface area contributed by atoms with E-state index in [4.69, 9.17) is 4.74 Å². The van der Waals surface area contributed by atoms with E-state index in [1.54, 1.807) is 24.3 Å². The maximum Gasteiger partial charge on any atom is 0.295 e. The van der Waals surface area contributed by atoms with Crippen molar-refractivity contribution in [1.82, 2.24) is 4.90 Å². The highest BCUT2D eigenvalue weighted by atomic mass is 32.2. The van der Waals surface area contributed by atoms with E-state index < -0.39 is 33.6 Å². The molecule has 2 atom stereocenters. The molecule has 2 fully saturated rings. The lowest BCUT2D eigenvalue weighted by atomic mass is 9.92. The van der Waals surface area contributed by atoms with Crippen LogP contribution in [-0.2, 0) is 19.4 Å². The van der Waals surface area contributed by atoms with Crippen LogP contribution in [0.5, 0.6) is 5.75 Å². The van der Waals surface area contributed by atoms with Gasteiger partial charge in [-0.2, -0.15) is 0 Å². The second-order valence-corrected chi connectivity index (χ2v) is 11.3. The van der Waals surface area contributed by atoms with E-state index >= 15 is 0 Å². The van der Waals surface area contributed by atoms with E-state index in [1.165, 1.54) is 4.90 Å². The molecule has 2 aromatic carbocycles. The Morgan fingerprint density at radius 2 is 1.85 bits per heavy atom. The predicted octanol–water partition coefficient (Wildman–Crippen LogP) is 3.82. The number of likely N-dealkylation sites (tertiary alicyclic amines) is 1. The molecule has 1 N–H and O–H groups in total. The molecule has 2 aliphatic rings. The monoisotopic (exact) mass is 483 g/mol. The highest BCUT2D eigenvalue weighted by Crippen LogP contribution is 2.42. The Morgan fingerprint density at radius 3 is 2.44 bits per heavy atom. The highest BCUT2D eigenvalue weighted by molar-refractivity contribution is 7.91. The summed E-state index contributed by atoms with van der Waals surface area (Å²) >= 11 is 0. The van der Waals surface area contributed by atoms with Gasteiger partial charge in [-0.15, -0.1) is 0 Å². The number of aliphatic hydroxyl groups excluding tert-OH is 1. The maximum absolute atomic E-state index is 13.2. The van der Waals surface area contributed by atoms with Crippen molar-refractivity contribution < 1.29 is 27.9 Å². The van der Waals surface area contributed by atoms with Gasteiger partial charge in [-0.1, -0.05) is 50.2 Å². The second-order valence-electron chi connectivity index (χ2n) is 9.05. The van der Waals surface area contributed by atoms with Crippen LogP contribution in [0.2, 0.25) is 0 Å². The lowest BCUT2D eigenvalue weighted by Crippen LogP contribution is -2.40. The summed E-state index contributed by atoms with van der Waals surface area (Å²) in [6.07, 6.45) is 0.260. The summed E-state index contributed by atoms with van der Waals surface area (Å²) in [4.78, 5) is 27.8. The summed E-state index contributed by atoms with van der Waals surface area (Å²) in [6.45, 7) is 6.41. The van der Waals surface area contributed by atoms with E-state index in [-0.39, 0.29) is 29.3 Å². The number of amides is 1. The number of ether oxygens (including phenoxy) is 1. The normalized spacial score (nSPS) is 23.6. The van der Waals surface area contributed by atoms with E-state index in [1.807, 2.05) is 31.2 Å². The standard InChI is InChI=1S/C26H29NO6S/c1-4-33-21-7-5-6-19(14-21)24(28)22-23(18-10-8-17(9-11-18)16(2)3)27(26(30)25(22)29)20-12-13-34(31,32)15-20/h5-11,14,16,20,23,28H,4,12-13,15H2,1-3H3/t20-,23+/m1/s1. The summed E-state index contributed by atoms with van der Waals surface area (Å²) in [6, 6.07) is 12.7. The maximum atomic E-state index is 13.2. The molecule has 34 heavy (non-hydrogen) atoms. The number of carbonyl (C=O) groups excluding carboxylic acids is 2. The quantitative estimate of drug-likeness (QED) is 0.381. The Morgan fingerprint density at radius 1 is 1.15 bits per heavy atom. The molecule has 2 saturated heterocycles. The Hall–Kier alpha value is -3.13. The first-order valence-corrected chi connectivity index (χ1v) is 13.3. The van der Waals surface area contributed by atoms with E-state index in [9.17, 15) is 23.1 Å². The van der Waals surface area contributed by atoms with Gasteiger partial charge >= 0.3 is 0 Å². The molecule has 0 radical (unpaired) electrons. The first-order chi connectivity index (χ1) is 16.1. The number of Topliss-reactive ketones (excluding diaryl/α,β-unsaturated/α-hetero) is 1. The first kappa shape index (κ1) is 24.0. The van der Waals surface area contributed by atoms with Crippen LogP contribution in [0.3, 0.4) is 0 Å². The molecule has 2 aromatic rings. The lowest BCUT2D eigenvalue weighted by Gasteiger charge is -2.30. The molecule has 0 spiro atoms. The van der Waals surface area contributed by atoms with Crippen LogP contribution >= 0.6 is 0 Å². The van der Waals surface area contributed by atoms with Gasteiger partial charge in [-0.05, 0) is 42.5 Å². The Bertz CT molecular complexity index is 1250. The summed E-state index contributed by atoms with van der Waals surface area (Å²) in [5.74, 6) is -1.32. The van der Waals surface area contributed by atoms with Crippen LogP contribution in [0.15, 0.2) is 54.1 Å². The van der Waals surface area contributed by atoms with Crippen molar-refractivity contribution in [2.45, 2.75) is 45.2 Å². The van der Waals surface area contributed by atoms with Crippen molar-refractivity contribution in [3.63, 3.8) is 0 Å². The molecule has 0 saturated carbocycles. The summed E-state index contributed by atoms with van der Waals surface area (Å²) in [5.41, 5.74) is 2.05. The van der Waals surface area contributed by atoms with Crippen LogP contribution in [-0.4, -0.2) is 54.3 Å². The third kappa shape index (κ3) is 4.46. The predicted molar refractivity (Wildman–Crippen MR) is 129 cm³/mol. The van der Waals surface area contributed by atoms with Crippen molar-refractivity contribution in [3.05, 3.63) is 70.8 Å². The minimum absolute atomic E-state index is 0.0317. The van der Waals surface area contributed by atoms with Crippen LogP contribution in [0, 0.1) is 0 Å². The third-order valence-electron chi connectivity index (χ3n) is 6.42. The number of carbonyl (C=O) groups is 2. The fourth-order valence-corrected chi connectivity index (χ4v) is 6.38. The number of benzene rings is 2. The second kappa shape index (κ2) is 9.25. The molecular formula is C26H29NO6S. The SMILES string of the molecule is CCOc1cccc(C(O)=C2C(=O)C(=O)N([C@@H]3CCS(=O)(=O)C3)[C@H]2c2ccc(C(C)C)cc2)c1. The van der Waals surface area contributed by atoms with E-state index in [2.05, 4.69) is 13.8 Å². The van der Waals surface area contributed by atoms with Gasteiger partial charge < -0.3 is 14.7 Å². The van der Waals surface area contributed by atoms with Crippen molar-refractivity contribution in [3.8, 4) is 5.75 Å². The number of ketones is 1. The lowest BCUT2D eigenvalue weighted by molar-refractivity contribution is -0.141. The van der Waals surface area contributed by atoms with Gasteiger partial charge in [0.25, 0.3) is 11.7 Å². The topological polar surface area (TPSA) is 101 Å². The van der Waals surface area contributed by atoms with Crippen LogP contribution in [0.1, 0.15) is 55.8 Å². The fraction of sp³-hybridized carbons (Fsp3) is 0.385. The number of sulfone groups is 1. The smallest absolute Gasteiger partial charge is 0.295 e. The number of hydrogen-bond donors (Lipinski definition) is 1. The molecule has 8 heteroatoms. The average Bonchev–Trinajstić information content (AvgIpc) is 3.29. The summed E-state index contributed by atoms with van der Waals surface area (Å²) in [7, 11) is -3.30. The molecule has 2 heterocycles. The van der Waals surface area contributed by atoms with Gasteiger partial charge in [0.1, 0.15) is 11.5 Å². The molecule has 2 aliphatic heterocycles. The largest absolute Gasteiger partial charge is 0.507 e. The average molecular weight is 484 g/mol. The Kier molecular flexibility index (Phi) is 6.53. The third-order valence-corrected chi connectivity index (χ3v) is 8.17. The molecule has 0 unspecified atom stereocenters. The first-order valence-electron chi connectivity index (χ1n) is 11.5. The minimum atomic E-state index is -3.30. The highest BCUT2D eigenvalue weighted by Gasteiger charge is 2.50. The fourth-order valence-electron chi connectivity index (χ4n) is 4.67. The van der Waals surface area contributed by atoms with Gasteiger partial charge in [0, 0.05) is 11.6 Å². The van der Waals surface area contributed by atoms with E-state index in [0.29, 0.717) is 29.4 Å². The van der Waals surface area contributed by atoms with Crippen LogP contribution in [0.25, 0.3) is 5.76 Å². The molecule has 0 bridgehead atoms. The van der Waals surface area contributed by atoms with Gasteiger partial charge in [-0.25, -0.2) is 8.42 Å². The van der Waals surface area contributed by atoms with Crippen molar-refractivity contribution >= 4 is 27.3 Å². The number of rotatable bonds is 6. The van der Waals surface area contributed by atoms with Crippen molar-refractivity contribution in [2.24, 2.45) is 0 Å². The van der Waals surface area contributed by atoms with Crippen molar-refractivity contribution in [1.29, 1.82) is 0 Å². The summed E-state index contributed by atoms with van der Waals surface area (Å²) in [5, 5.41) is 11.2. The van der Waals surface area contributed by atoms with Gasteiger partial charge in [0.05, 0.1) is 29.7 Å². The van der Waals surface area contributed by atoms with Crippen molar-refractivity contribution in [2.75, 3.05) is 18.1 Å².